The number of hydrogen-bond acceptors (Lipinski definition) is 1. The van der Waals surface area contributed by atoms with Crippen molar-refractivity contribution in [2.45, 2.75) is 71.3 Å². The fourth-order valence-electron chi connectivity index (χ4n) is 2.35. The van der Waals surface area contributed by atoms with Gasteiger partial charge in [-0.1, -0.05) is 39.5 Å². The molecule has 0 unspecified atom stereocenters. The fraction of sp³-hybridized carbons (Fsp3) is 0.929. The van der Waals surface area contributed by atoms with Crippen molar-refractivity contribution in [2.75, 3.05) is 13.1 Å². The molecule has 0 aromatic heterocycles. The van der Waals surface area contributed by atoms with Gasteiger partial charge in [0.2, 0.25) is 0 Å². The van der Waals surface area contributed by atoms with Crippen molar-refractivity contribution in [2.24, 2.45) is 0 Å². The van der Waals surface area contributed by atoms with Crippen LogP contribution in [-0.2, 0) is 0 Å². The third-order valence-corrected chi connectivity index (χ3v) is 3.91. The number of hydrogen-bond donors (Lipinski definition) is 1. The van der Waals surface area contributed by atoms with Crippen LogP contribution in [0.1, 0.15) is 65.2 Å². The lowest BCUT2D eigenvalue weighted by molar-refractivity contribution is 0.385. The standard InChI is InChI=1S/C14H28N2S/c1-3-5-11-16(12-6-4-2)14(17)15-13-9-7-8-10-13/h13H,3-12H2,1-2H3,(H,15,17). The lowest BCUT2D eigenvalue weighted by Crippen LogP contribution is -2.44. The summed E-state index contributed by atoms with van der Waals surface area (Å²) < 4.78 is 0. The molecule has 1 aliphatic carbocycles. The topological polar surface area (TPSA) is 15.3 Å². The van der Waals surface area contributed by atoms with Gasteiger partial charge in [-0.05, 0) is 37.9 Å². The van der Waals surface area contributed by atoms with Gasteiger partial charge in [0.15, 0.2) is 5.11 Å². The van der Waals surface area contributed by atoms with E-state index in [9.17, 15) is 0 Å². The quantitative estimate of drug-likeness (QED) is 0.699. The Morgan fingerprint density at radius 1 is 1.12 bits per heavy atom. The van der Waals surface area contributed by atoms with Crippen molar-refractivity contribution >= 4 is 17.3 Å². The normalized spacial score (nSPS) is 16.1. The average molecular weight is 256 g/mol. The molecule has 0 aromatic carbocycles. The van der Waals surface area contributed by atoms with Gasteiger partial charge >= 0.3 is 0 Å². The summed E-state index contributed by atoms with van der Waals surface area (Å²) in [7, 11) is 0. The largest absolute Gasteiger partial charge is 0.360 e. The Bertz CT molecular complexity index is 204. The minimum absolute atomic E-state index is 0.647. The monoisotopic (exact) mass is 256 g/mol. The van der Waals surface area contributed by atoms with Crippen molar-refractivity contribution in [3.05, 3.63) is 0 Å². The van der Waals surface area contributed by atoms with Crippen molar-refractivity contribution in [3.8, 4) is 0 Å². The number of thiocarbonyl (C=S) groups is 1. The molecular weight excluding hydrogens is 228 g/mol. The molecule has 1 aliphatic rings. The summed E-state index contributed by atoms with van der Waals surface area (Å²) in [4.78, 5) is 2.38. The first-order valence-electron chi connectivity index (χ1n) is 7.33. The number of rotatable bonds is 7. The molecule has 1 saturated carbocycles. The Morgan fingerprint density at radius 2 is 1.65 bits per heavy atom. The summed E-state index contributed by atoms with van der Waals surface area (Å²) in [6.07, 6.45) is 10.3. The molecule has 3 heteroatoms. The van der Waals surface area contributed by atoms with E-state index in [2.05, 4.69) is 24.1 Å². The molecule has 1 rings (SSSR count). The molecule has 1 N–H and O–H groups in total. The van der Waals surface area contributed by atoms with Gasteiger partial charge in [-0.25, -0.2) is 0 Å². The molecule has 1 fully saturated rings. The maximum absolute atomic E-state index is 5.55. The van der Waals surface area contributed by atoms with E-state index in [-0.39, 0.29) is 0 Å². The van der Waals surface area contributed by atoms with Crippen LogP contribution in [0.25, 0.3) is 0 Å². The zero-order valence-corrected chi connectivity index (χ0v) is 12.3. The van der Waals surface area contributed by atoms with E-state index in [1.165, 1.54) is 51.4 Å². The second-order valence-electron chi connectivity index (χ2n) is 5.13. The van der Waals surface area contributed by atoms with E-state index in [0.29, 0.717) is 6.04 Å². The highest BCUT2D eigenvalue weighted by atomic mass is 32.1. The van der Waals surface area contributed by atoms with Crippen LogP contribution in [0.2, 0.25) is 0 Å². The molecule has 0 aliphatic heterocycles. The second kappa shape index (κ2) is 8.73. The molecule has 0 amide bonds. The van der Waals surface area contributed by atoms with Crippen LogP contribution in [0.5, 0.6) is 0 Å². The van der Waals surface area contributed by atoms with Gasteiger partial charge in [-0.2, -0.15) is 0 Å². The van der Waals surface area contributed by atoms with Gasteiger partial charge in [0, 0.05) is 19.1 Å². The number of nitrogens with one attached hydrogen (secondary N) is 1. The van der Waals surface area contributed by atoms with E-state index in [4.69, 9.17) is 12.2 Å². The minimum Gasteiger partial charge on any atom is -0.360 e. The van der Waals surface area contributed by atoms with E-state index < -0.39 is 0 Å². The van der Waals surface area contributed by atoms with Crippen molar-refractivity contribution in [3.63, 3.8) is 0 Å². The third-order valence-electron chi connectivity index (χ3n) is 3.53. The highest BCUT2D eigenvalue weighted by Gasteiger charge is 2.17. The predicted molar refractivity (Wildman–Crippen MR) is 79.4 cm³/mol. The Kier molecular flexibility index (Phi) is 7.58. The minimum atomic E-state index is 0.647. The van der Waals surface area contributed by atoms with Crippen LogP contribution >= 0.6 is 12.2 Å². The summed E-state index contributed by atoms with van der Waals surface area (Å²) in [6.45, 7) is 6.72. The summed E-state index contributed by atoms with van der Waals surface area (Å²) in [5, 5.41) is 4.55. The maximum atomic E-state index is 5.55. The third kappa shape index (κ3) is 5.71. The lowest BCUT2D eigenvalue weighted by atomic mass is 10.2. The Labute approximate surface area is 112 Å². The number of unbranched alkanes of at least 4 members (excludes halogenated alkanes) is 2. The first kappa shape index (κ1) is 14.7. The first-order chi connectivity index (χ1) is 8.27. The Hall–Kier alpha value is -0.310. The highest BCUT2D eigenvalue weighted by molar-refractivity contribution is 7.80. The molecule has 0 saturated heterocycles. The van der Waals surface area contributed by atoms with E-state index in [1.807, 2.05) is 0 Å². The van der Waals surface area contributed by atoms with Crippen molar-refractivity contribution < 1.29 is 0 Å². The summed E-state index contributed by atoms with van der Waals surface area (Å²) >= 11 is 5.55. The SMILES string of the molecule is CCCCN(CCCC)C(=S)NC1CCCC1. The van der Waals surface area contributed by atoms with E-state index >= 15 is 0 Å². The zero-order chi connectivity index (χ0) is 12.5. The van der Waals surface area contributed by atoms with Crippen LogP contribution in [-0.4, -0.2) is 29.1 Å². The molecule has 0 heterocycles. The van der Waals surface area contributed by atoms with Gasteiger partial charge in [-0.3, -0.25) is 0 Å². The summed E-state index contributed by atoms with van der Waals surface area (Å²) in [6, 6.07) is 0.647. The van der Waals surface area contributed by atoms with Gasteiger partial charge in [0.1, 0.15) is 0 Å². The van der Waals surface area contributed by atoms with Crippen LogP contribution in [0, 0.1) is 0 Å². The molecule has 0 bridgehead atoms. The second-order valence-corrected chi connectivity index (χ2v) is 5.51. The molecule has 0 atom stereocenters. The molecule has 0 spiro atoms. The Balaban J connectivity index is 2.34. The highest BCUT2D eigenvalue weighted by Crippen LogP contribution is 2.18. The predicted octanol–water partition coefficient (Wildman–Crippen LogP) is 3.71. The van der Waals surface area contributed by atoms with Crippen LogP contribution in [0.15, 0.2) is 0 Å². The smallest absolute Gasteiger partial charge is 0.169 e. The van der Waals surface area contributed by atoms with E-state index in [0.717, 1.165) is 18.2 Å². The molecule has 17 heavy (non-hydrogen) atoms. The van der Waals surface area contributed by atoms with Crippen LogP contribution < -0.4 is 5.32 Å². The molecule has 100 valence electrons. The molecular formula is C14H28N2S. The average Bonchev–Trinajstić information content (AvgIpc) is 2.82. The van der Waals surface area contributed by atoms with Gasteiger partial charge < -0.3 is 10.2 Å². The number of nitrogens with zero attached hydrogens (tertiary/aromatic N) is 1. The van der Waals surface area contributed by atoms with Crippen LogP contribution in [0.3, 0.4) is 0 Å². The molecule has 0 radical (unpaired) electrons. The summed E-state index contributed by atoms with van der Waals surface area (Å²) in [5.41, 5.74) is 0. The van der Waals surface area contributed by atoms with Crippen LogP contribution in [0.4, 0.5) is 0 Å². The summed E-state index contributed by atoms with van der Waals surface area (Å²) in [5.74, 6) is 0. The van der Waals surface area contributed by atoms with E-state index in [1.54, 1.807) is 0 Å². The molecule has 2 nitrogen and oxygen atoms in total. The maximum Gasteiger partial charge on any atom is 0.169 e. The van der Waals surface area contributed by atoms with Gasteiger partial charge in [0.25, 0.3) is 0 Å². The lowest BCUT2D eigenvalue weighted by Gasteiger charge is -2.27. The van der Waals surface area contributed by atoms with Gasteiger partial charge in [0.05, 0.1) is 0 Å². The van der Waals surface area contributed by atoms with Crippen molar-refractivity contribution in [1.82, 2.24) is 10.2 Å². The molecule has 0 aromatic rings. The zero-order valence-electron chi connectivity index (χ0n) is 11.5. The van der Waals surface area contributed by atoms with Crippen molar-refractivity contribution in [1.29, 1.82) is 0 Å². The van der Waals surface area contributed by atoms with Gasteiger partial charge in [-0.15, -0.1) is 0 Å². The first-order valence-corrected chi connectivity index (χ1v) is 7.74. The fourth-order valence-corrected chi connectivity index (χ4v) is 2.70. The Morgan fingerprint density at radius 3 is 2.12 bits per heavy atom.